The van der Waals surface area contributed by atoms with Crippen LogP contribution in [-0.4, -0.2) is 46.8 Å². The van der Waals surface area contributed by atoms with Gasteiger partial charge in [0.25, 0.3) is 0 Å². The number of Topliss-reactive ketones (excluding diaryl/α,β-unsaturated/α-hetero) is 1. The summed E-state index contributed by atoms with van der Waals surface area (Å²) in [5.41, 5.74) is 2.39. The highest BCUT2D eigenvalue weighted by Crippen LogP contribution is 2.27. The van der Waals surface area contributed by atoms with Crippen molar-refractivity contribution >= 4 is 17.7 Å². The minimum absolute atomic E-state index is 0.0746. The van der Waals surface area contributed by atoms with Gasteiger partial charge in [-0.3, -0.25) is 9.59 Å². The third-order valence-corrected chi connectivity index (χ3v) is 6.13. The zero-order valence-corrected chi connectivity index (χ0v) is 18.7. The Bertz CT molecular complexity index is 745. The monoisotopic (exact) mass is 404 g/mol. The molecule has 0 radical (unpaired) electrons. The smallest absolute Gasteiger partial charge is 0.354 e. The quantitative estimate of drug-likeness (QED) is 0.450. The van der Waals surface area contributed by atoms with Crippen LogP contribution in [0.1, 0.15) is 97.3 Å². The molecule has 0 bridgehead atoms. The lowest BCUT2D eigenvalue weighted by atomic mass is 9.93. The number of esters is 1. The van der Waals surface area contributed by atoms with Gasteiger partial charge in [-0.1, -0.05) is 32.6 Å². The lowest BCUT2D eigenvalue weighted by Crippen LogP contribution is -2.44. The molecule has 0 saturated heterocycles. The third-order valence-electron chi connectivity index (χ3n) is 6.13. The number of carbonyl (C=O) groups is 3. The number of aromatic nitrogens is 1. The maximum atomic E-state index is 13.4. The van der Waals surface area contributed by atoms with E-state index in [1.54, 1.807) is 6.92 Å². The summed E-state index contributed by atoms with van der Waals surface area (Å²) in [6.45, 7) is 8.32. The molecule has 6 nitrogen and oxygen atoms in total. The zero-order chi connectivity index (χ0) is 21.6. The van der Waals surface area contributed by atoms with Gasteiger partial charge in [0.05, 0.1) is 13.7 Å². The summed E-state index contributed by atoms with van der Waals surface area (Å²) < 4.78 is 6.76. The highest BCUT2D eigenvalue weighted by Gasteiger charge is 2.31. The van der Waals surface area contributed by atoms with Crippen molar-refractivity contribution in [3.63, 3.8) is 0 Å². The number of nitrogens with zero attached hydrogens (tertiary/aromatic N) is 2. The van der Waals surface area contributed by atoms with Gasteiger partial charge in [-0.05, 0) is 45.6 Å². The van der Waals surface area contributed by atoms with Crippen molar-refractivity contribution in [3.05, 3.63) is 22.5 Å². The van der Waals surface area contributed by atoms with Gasteiger partial charge in [0.15, 0.2) is 5.78 Å². The van der Waals surface area contributed by atoms with Crippen LogP contribution in [-0.2, 0) is 16.1 Å². The normalized spacial score (nSPS) is 14.7. The molecule has 0 aliphatic heterocycles. The summed E-state index contributed by atoms with van der Waals surface area (Å²) in [6, 6.07) is 0.144. The van der Waals surface area contributed by atoms with E-state index in [0.717, 1.165) is 44.2 Å². The van der Waals surface area contributed by atoms with Crippen molar-refractivity contribution in [2.75, 3.05) is 13.7 Å². The van der Waals surface area contributed by atoms with Crippen LogP contribution in [0.2, 0.25) is 0 Å². The minimum atomic E-state index is -0.436. The molecule has 1 aliphatic rings. The van der Waals surface area contributed by atoms with Crippen LogP contribution < -0.4 is 0 Å². The van der Waals surface area contributed by atoms with Crippen molar-refractivity contribution in [2.24, 2.45) is 0 Å². The Morgan fingerprint density at radius 3 is 2.31 bits per heavy atom. The first-order valence-corrected chi connectivity index (χ1v) is 11.0. The summed E-state index contributed by atoms with van der Waals surface area (Å²) in [7, 11) is 1.35. The molecule has 1 aliphatic carbocycles. The second-order valence-corrected chi connectivity index (χ2v) is 8.01. The van der Waals surface area contributed by atoms with E-state index in [-0.39, 0.29) is 24.3 Å². The van der Waals surface area contributed by atoms with Gasteiger partial charge in [-0.25, -0.2) is 4.79 Å². The van der Waals surface area contributed by atoms with E-state index in [1.807, 2.05) is 23.3 Å². The molecule has 0 aromatic carbocycles. The van der Waals surface area contributed by atoms with Crippen LogP contribution in [0.5, 0.6) is 0 Å². The third kappa shape index (κ3) is 5.09. The first-order valence-electron chi connectivity index (χ1n) is 11.0. The zero-order valence-electron chi connectivity index (χ0n) is 18.7. The van der Waals surface area contributed by atoms with Crippen LogP contribution in [0.4, 0.5) is 0 Å². The maximum Gasteiger partial charge on any atom is 0.354 e. The van der Waals surface area contributed by atoms with Gasteiger partial charge in [0.1, 0.15) is 5.69 Å². The fraction of sp³-hybridized carbons (Fsp3) is 0.696. The van der Waals surface area contributed by atoms with Crippen LogP contribution >= 0.6 is 0 Å². The first-order chi connectivity index (χ1) is 13.9. The van der Waals surface area contributed by atoms with E-state index in [1.165, 1.54) is 13.5 Å². The molecular weight excluding hydrogens is 368 g/mol. The van der Waals surface area contributed by atoms with Crippen LogP contribution in [0.15, 0.2) is 0 Å². The van der Waals surface area contributed by atoms with Crippen molar-refractivity contribution in [1.82, 2.24) is 9.47 Å². The number of ketones is 1. The molecule has 2 rings (SSSR count). The molecule has 1 heterocycles. The van der Waals surface area contributed by atoms with Gasteiger partial charge in [0, 0.05) is 30.3 Å². The van der Waals surface area contributed by atoms with Crippen LogP contribution in [0.3, 0.4) is 0 Å². The maximum absolute atomic E-state index is 13.4. The van der Waals surface area contributed by atoms with Crippen molar-refractivity contribution in [2.45, 2.75) is 91.6 Å². The number of methoxy groups -OCH3 is 1. The predicted molar refractivity (Wildman–Crippen MR) is 113 cm³/mol. The van der Waals surface area contributed by atoms with Crippen LogP contribution in [0, 0.1) is 13.8 Å². The summed E-state index contributed by atoms with van der Waals surface area (Å²) in [6.07, 6.45) is 7.62. The molecule has 1 aromatic rings. The average molecular weight is 405 g/mol. The molecule has 29 heavy (non-hydrogen) atoms. The van der Waals surface area contributed by atoms with Crippen molar-refractivity contribution in [1.29, 1.82) is 0 Å². The van der Waals surface area contributed by atoms with E-state index < -0.39 is 5.97 Å². The number of rotatable bonds is 9. The van der Waals surface area contributed by atoms with Gasteiger partial charge in [0.2, 0.25) is 5.91 Å². The topological polar surface area (TPSA) is 68.6 Å². The molecule has 6 heteroatoms. The molecule has 1 amide bonds. The standard InChI is InChI=1S/C23H36N2O4/c1-6-8-14-20(27)25(18-12-10-9-11-13-18)15-19(26)21-16(3)22(23(28)29-5)24(7-2)17(21)4/h18H,6-15H2,1-5H3. The van der Waals surface area contributed by atoms with E-state index in [9.17, 15) is 14.4 Å². The Balaban J connectivity index is 2.34. The largest absolute Gasteiger partial charge is 0.464 e. The molecule has 1 saturated carbocycles. The Labute approximate surface area is 174 Å². The Hall–Kier alpha value is -2.11. The van der Waals surface area contributed by atoms with Gasteiger partial charge < -0.3 is 14.2 Å². The highest BCUT2D eigenvalue weighted by molar-refractivity contribution is 6.04. The van der Waals surface area contributed by atoms with E-state index in [4.69, 9.17) is 4.74 Å². The molecule has 1 aromatic heterocycles. The SMILES string of the molecule is CCCCC(=O)N(CC(=O)c1c(C)c(C(=O)OC)n(CC)c1C)C1CCCCC1. The van der Waals surface area contributed by atoms with Crippen molar-refractivity contribution in [3.8, 4) is 0 Å². The van der Waals surface area contributed by atoms with Gasteiger partial charge in [-0.2, -0.15) is 0 Å². The van der Waals surface area contributed by atoms with Crippen LogP contribution in [0.25, 0.3) is 0 Å². The van der Waals surface area contributed by atoms with E-state index >= 15 is 0 Å². The first kappa shape index (κ1) is 23.2. The number of unbranched alkanes of at least 4 members (excludes halogenated alkanes) is 1. The fourth-order valence-electron chi connectivity index (χ4n) is 4.58. The number of amides is 1. The van der Waals surface area contributed by atoms with E-state index in [0.29, 0.717) is 29.8 Å². The molecule has 0 spiro atoms. The predicted octanol–water partition coefficient (Wildman–Crippen LogP) is 4.45. The number of hydrogen-bond donors (Lipinski definition) is 0. The van der Waals surface area contributed by atoms with Crippen molar-refractivity contribution < 1.29 is 19.1 Å². The molecular formula is C23H36N2O4. The number of carbonyl (C=O) groups excluding carboxylic acids is 3. The number of ether oxygens (including phenoxy) is 1. The second-order valence-electron chi connectivity index (χ2n) is 8.01. The van der Waals surface area contributed by atoms with Gasteiger partial charge >= 0.3 is 5.97 Å². The van der Waals surface area contributed by atoms with Gasteiger partial charge in [-0.15, -0.1) is 0 Å². The fourth-order valence-corrected chi connectivity index (χ4v) is 4.58. The number of hydrogen-bond acceptors (Lipinski definition) is 4. The lowest BCUT2D eigenvalue weighted by Gasteiger charge is -2.34. The van der Waals surface area contributed by atoms with E-state index in [2.05, 4.69) is 6.92 Å². The lowest BCUT2D eigenvalue weighted by molar-refractivity contribution is -0.133. The molecule has 0 atom stereocenters. The highest BCUT2D eigenvalue weighted by atomic mass is 16.5. The Morgan fingerprint density at radius 1 is 1.10 bits per heavy atom. The molecule has 0 unspecified atom stereocenters. The molecule has 1 fully saturated rings. The molecule has 0 N–H and O–H groups in total. The Kier molecular flexibility index (Phi) is 8.47. The molecule has 162 valence electrons. The Morgan fingerprint density at radius 2 is 1.76 bits per heavy atom. The minimum Gasteiger partial charge on any atom is -0.464 e. The summed E-state index contributed by atoms with van der Waals surface area (Å²) in [4.78, 5) is 40.4. The summed E-state index contributed by atoms with van der Waals surface area (Å²) in [5, 5.41) is 0. The summed E-state index contributed by atoms with van der Waals surface area (Å²) >= 11 is 0. The second kappa shape index (κ2) is 10.6. The summed E-state index contributed by atoms with van der Waals surface area (Å²) in [5.74, 6) is -0.451. The average Bonchev–Trinajstić information content (AvgIpc) is 2.99.